The van der Waals surface area contributed by atoms with E-state index in [1.54, 1.807) is 0 Å². The SMILES string of the molecule is CCc1ccc(CC(O)CC2CC3CCC2C3)nc1. The first-order valence-corrected chi connectivity index (χ1v) is 7.86. The van der Waals surface area contributed by atoms with Gasteiger partial charge in [0.1, 0.15) is 0 Å². The molecule has 2 aliphatic rings. The normalized spacial score (nSPS) is 30.7. The maximum atomic E-state index is 10.3. The molecule has 1 heterocycles. The van der Waals surface area contributed by atoms with E-state index in [9.17, 15) is 5.11 Å². The maximum absolute atomic E-state index is 10.3. The van der Waals surface area contributed by atoms with Crippen molar-refractivity contribution in [1.82, 2.24) is 4.98 Å². The first-order valence-electron chi connectivity index (χ1n) is 7.86. The van der Waals surface area contributed by atoms with Crippen LogP contribution < -0.4 is 0 Å². The lowest BCUT2D eigenvalue weighted by atomic mass is 9.84. The number of hydrogen-bond acceptors (Lipinski definition) is 2. The Morgan fingerprint density at radius 1 is 1.32 bits per heavy atom. The van der Waals surface area contributed by atoms with Crippen LogP contribution in [0.15, 0.2) is 18.3 Å². The van der Waals surface area contributed by atoms with Crippen molar-refractivity contribution in [3.05, 3.63) is 29.6 Å². The van der Waals surface area contributed by atoms with Crippen LogP contribution in [0.25, 0.3) is 0 Å². The first kappa shape index (κ1) is 13.1. The minimum absolute atomic E-state index is 0.204. The Hall–Kier alpha value is -0.890. The second-order valence-corrected chi connectivity index (χ2v) is 6.54. The molecule has 2 bridgehead atoms. The van der Waals surface area contributed by atoms with Gasteiger partial charge in [0.25, 0.3) is 0 Å². The molecule has 104 valence electrons. The van der Waals surface area contributed by atoms with E-state index in [0.29, 0.717) is 0 Å². The van der Waals surface area contributed by atoms with Crippen LogP contribution in [0.2, 0.25) is 0 Å². The fourth-order valence-electron chi connectivity index (χ4n) is 4.12. The molecule has 0 spiro atoms. The fourth-order valence-corrected chi connectivity index (χ4v) is 4.12. The van der Waals surface area contributed by atoms with E-state index in [2.05, 4.69) is 24.0 Å². The Labute approximate surface area is 116 Å². The number of aliphatic hydroxyl groups is 1. The number of aromatic nitrogens is 1. The predicted molar refractivity (Wildman–Crippen MR) is 76.9 cm³/mol. The van der Waals surface area contributed by atoms with Crippen LogP contribution in [0.3, 0.4) is 0 Å². The fraction of sp³-hybridized carbons (Fsp3) is 0.706. The van der Waals surface area contributed by atoms with Gasteiger partial charge in [-0.3, -0.25) is 4.98 Å². The Morgan fingerprint density at radius 3 is 2.79 bits per heavy atom. The highest BCUT2D eigenvalue weighted by atomic mass is 16.3. The molecule has 4 atom stereocenters. The Morgan fingerprint density at radius 2 is 2.21 bits per heavy atom. The molecule has 0 radical (unpaired) electrons. The summed E-state index contributed by atoms with van der Waals surface area (Å²) in [5, 5.41) is 10.3. The minimum atomic E-state index is -0.204. The van der Waals surface area contributed by atoms with Gasteiger partial charge in [-0.05, 0) is 61.5 Å². The van der Waals surface area contributed by atoms with E-state index < -0.39 is 0 Å². The van der Waals surface area contributed by atoms with Crippen molar-refractivity contribution in [1.29, 1.82) is 0 Å². The van der Waals surface area contributed by atoms with Gasteiger partial charge in [0.15, 0.2) is 0 Å². The van der Waals surface area contributed by atoms with Crippen LogP contribution in [-0.4, -0.2) is 16.2 Å². The van der Waals surface area contributed by atoms with Crippen LogP contribution in [0.1, 0.15) is 50.3 Å². The average molecular weight is 259 g/mol. The molecule has 1 aromatic rings. The van der Waals surface area contributed by atoms with E-state index in [1.807, 2.05) is 6.20 Å². The van der Waals surface area contributed by atoms with Crippen molar-refractivity contribution in [2.24, 2.45) is 17.8 Å². The summed E-state index contributed by atoms with van der Waals surface area (Å²) in [5.74, 6) is 2.67. The highest BCUT2D eigenvalue weighted by Gasteiger charge is 2.39. The number of pyridine rings is 1. The molecule has 2 heteroatoms. The summed E-state index contributed by atoms with van der Waals surface area (Å²) in [5.41, 5.74) is 2.30. The monoisotopic (exact) mass is 259 g/mol. The first-order chi connectivity index (χ1) is 9.24. The molecule has 0 aliphatic heterocycles. The van der Waals surface area contributed by atoms with Gasteiger partial charge in [0, 0.05) is 18.3 Å². The molecule has 2 saturated carbocycles. The summed E-state index contributed by atoms with van der Waals surface area (Å²) >= 11 is 0. The molecule has 2 aliphatic carbocycles. The lowest BCUT2D eigenvalue weighted by Crippen LogP contribution is -2.20. The molecule has 2 fully saturated rings. The van der Waals surface area contributed by atoms with E-state index in [0.717, 1.165) is 42.7 Å². The lowest BCUT2D eigenvalue weighted by molar-refractivity contribution is 0.124. The van der Waals surface area contributed by atoms with Crippen molar-refractivity contribution < 1.29 is 5.11 Å². The Bertz CT molecular complexity index is 414. The van der Waals surface area contributed by atoms with Crippen molar-refractivity contribution in [2.45, 2.75) is 58.0 Å². The van der Waals surface area contributed by atoms with Gasteiger partial charge in [-0.2, -0.15) is 0 Å². The molecule has 1 aromatic heterocycles. The third kappa shape index (κ3) is 3.00. The summed E-state index contributed by atoms with van der Waals surface area (Å²) in [6, 6.07) is 4.20. The van der Waals surface area contributed by atoms with Crippen LogP contribution in [0, 0.1) is 17.8 Å². The van der Waals surface area contributed by atoms with Crippen LogP contribution in [0.4, 0.5) is 0 Å². The third-order valence-corrected chi connectivity index (χ3v) is 5.20. The molecular weight excluding hydrogens is 234 g/mol. The maximum Gasteiger partial charge on any atom is 0.0598 e. The van der Waals surface area contributed by atoms with Gasteiger partial charge in [0.2, 0.25) is 0 Å². The molecule has 3 rings (SSSR count). The molecule has 2 nitrogen and oxygen atoms in total. The number of aryl methyl sites for hydroxylation is 1. The zero-order chi connectivity index (χ0) is 13.2. The zero-order valence-electron chi connectivity index (χ0n) is 11.9. The van der Waals surface area contributed by atoms with E-state index in [1.165, 1.54) is 31.2 Å². The predicted octanol–water partition coefficient (Wildman–Crippen LogP) is 3.37. The second-order valence-electron chi connectivity index (χ2n) is 6.54. The molecular formula is C17H25NO. The van der Waals surface area contributed by atoms with Crippen molar-refractivity contribution >= 4 is 0 Å². The van der Waals surface area contributed by atoms with Crippen LogP contribution in [-0.2, 0) is 12.8 Å². The van der Waals surface area contributed by atoms with Gasteiger partial charge >= 0.3 is 0 Å². The Kier molecular flexibility index (Phi) is 3.88. The van der Waals surface area contributed by atoms with Gasteiger partial charge in [-0.25, -0.2) is 0 Å². The number of fused-ring (bicyclic) bond motifs is 2. The van der Waals surface area contributed by atoms with Gasteiger partial charge < -0.3 is 5.11 Å². The van der Waals surface area contributed by atoms with E-state index in [-0.39, 0.29) is 6.10 Å². The van der Waals surface area contributed by atoms with Gasteiger partial charge in [-0.15, -0.1) is 0 Å². The highest BCUT2D eigenvalue weighted by molar-refractivity contribution is 5.14. The van der Waals surface area contributed by atoms with Gasteiger partial charge in [0.05, 0.1) is 6.10 Å². The average Bonchev–Trinajstić information content (AvgIpc) is 3.02. The molecule has 0 aromatic carbocycles. The molecule has 0 amide bonds. The zero-order valence-corrected chi connectivity index (χ0v) is 11.9. The van der Waals surface area contributed by atoms with Crippen molar-refractivity contribution in [3.63, 3.8) is 0 Å². The smallest absolute Gasteiger partial charge is 0.0598 e. The lowest BCUT2D eigenvalue weighted by Gasteiger charge is -2.24. The summed E-state index contributed by atoms with van der Waals surface area (Å²) in [6.07, 6.45) is 10.1. The standard InChI is InChI=1S/C17H25NO/c1-2-12-4-6-16(18-11-12)10-17(19)9-15-8-13-3-5-14(15)7-13/h4,6,11,13-15,17,19H,2-3,5,7-10H2,1H3. The van der Waals surface area contributed by atoms with E-state index >= 15 is 0 Å². The number of hydrogen-bond donors (Lipinski definition) is 1. The quantitative estimate of drug-likeness (QED) is 0.879. The minimum Gasteiger partial charge on any atom is -0.393 e. The summed E-state index contributed by atoms with van der Waals surface area (Å²) in [6.45, 7) is 2.14. The summed E-state index contributed by atoms with van der Waals surface area (Å²) in [4.78, 5) is 4.45. The highest BCUT2D eigenvalue weighted by Crippen LogP contribution is 2.49. The third-order valence-electron chi connectivity index (χ3n) is 5.20. The van der Waals surface area contributed by atoms with Crippen molar-refractivity contribution in [3.8, 4) is 0 Å². The number of rotatable bonds is 5. The Balaban J connectivity index is 1.51. The number of aliphatic hydroxyl groups excluding tert-OH is 1. The van der Waals surface area contributed by atoms with Gasteiger partial charge in [-0.1, -0.05) is 19.4 Å². The topological polar surface area (TPSA) is 33.1 Å². The molecule has 19 heavy (non-hydrogen) atoms. The number of nitrogens with zero attached hydrogens (tertiary/aromatic N) is 1. The largest absolute Gasteiger partial charge is 0.393 e. The second kappa shape index (κ2) is 5.62. The summed E-state index contributed by atoms with van der Waals surface area (Å²) in [7, 11) is 0. The molecule has 0 saturated heterocycles. The molecule has 1 N–H and O–H groups in total. The summed E-state index contributed by atoms with van der Waals surface area (Å²) < 4.78 is 0. The van der Waals surface area contributed by atoms with E-state index in [4.69, 9.17) is 0 Å². The van der Waals surface area contributed by atoms with Crippen LogP contribution >= 0.6 is 0 Å². The molecule has 4 unspecified atom stereocenters. The van der Waals surface area contributed by atoms with Crippen LogP contribution in [0.5, 0.6) is 0 Å². The van der Waals surface area contributed by atoms with Crippen molar-refractivity contribution in [2.75, 3.05) is 0 Å².